The lowest BCUT2D eigenvalue weighted by atomic mass is 10.3. The Morgan fingerprint density at radius 3 is 2.81 bits per heavy atom. The zero-order chi connectivity index (χ0) is 15.3. The van der Waals surface area contributed by atoms with Crippen LogP contribution in [0.2, 0.25) is 0 Å². The van der Waals surface area contributed by atoms with Crippen LogP contribution in [0.4, 0.5) is 10.1 Å². The molecule has 0 fully saturated rings. The zero-order valence-electron chi connectivity index (χ0n) is 10.7. The molecule has 0 atom stereocenters. The van der Waals surface area contributed by atoms with Crippen LogP contribution in [0.5, 0.6) is 0 Å². The molecule has 6 nitrogen and oxygen atoms in total. The third kappa shape index (κ3) is 3.75. The van der Waals surface area contributed by atoms with Crippen molar-refractivity contribution in [3.63, 3.8) is 0 Å². The molecule has 0 saturated carbocycles. The molecule has 0 amide bonds. The summed E-state index contributed by atoms with van der Waals surface area (Å²) in [6.45, 7) is 0.150. The molecule has 0 aliphatic rings. The maximum Gasteiger partial charge on any atom is 0.263 e. The predicted molar refractivity (Wildman–Crippen MR) is 75.2 cm³/mol. The van der Waals surface area contributed by atoms with E-state index < -0.39 is 15.8 Å². The maximum atomic E-state index is 13.4. The molecule has 0 saturated heterocycles. The fourth-order valence-corrected chi connectivity index (χ4v) is 2.50. The second-order valence-corrected chi connectivity index (χ2v) is 5.56. The Morgan fingerprint density at radius 2 is 2.10 bits per heavy atom. The smallest absolute Gasteiger partial charge is 0.263 e. The number of nitrogens with zero attached hydrogens (tertiary/aromatic N) is 2. The van der Waals surface area contributed by atoms with Gasteiger partial charge in [-0.1, -0.05) is 11.8 Å². The van der Waals surface area contributed by atoms with Crippen molar-refractivity contribution >= 4 is 15.7 Å². The van der Waals surface area contributed by atoms with Crippen LogP contribution in [0, 0.1) is 17.7 Å². The summed E-state index contributed by atoms with van der Waals surface area (Å²) in [5, 5.41) is 0. The maximum absolute atomic E-state index is 13.4. The van der Waals surface area contributed by atoms with E-state index in [1.807, 2.05) is 0 Å². The van der Waals surface area contributed by atoms with Gasteiger partial charge in [0.1, 0.15) is 4.90 Å². The van der Waals surface area contributed by atoms with Gasteiger partial charge in [0.05, 0.1) is 18.4 Å². The molecule has 2 aromatic heterocycles. The van der Waals surface area contributed by atoms with Gasteiger partial charge in [0.15, 0.2) is 5.82 Å². The molecule has 21 heavy (non-hydrogen) atoms. The molecule has 0 aliphatic carbocycles. The molecule has 2 heterocycles. The van der Waals surface area contributed by atoms with Gasteiger partial charge in [0.2, 0.25) is 0 Å². The highest BCUT2D eigenvalue weighted by atomic mass is 32.2. The predicted octanol–water partition coefficient (Wildman–Crippen LogP) is 0.727. The lowest BCUT2D eigenvalue weighted by Gasteiger charge is -2.08. The number of aromatic nitrogens is 2. The molecule has 3 N–H and O–H groups in total. The van der Waals surface area contributed by atoms with Crippen LogP contribution in [0.15, 0.2) is 41.8 Å². The topological polar surface area (TPSA) is 98.0 Å². The number of nitrogens with one attached hydrogen (secondary N) is 1. The molecule has 0 spiro atoms. The van der Waals surface area contributed by atoms with Crippen LogP contribution in [0.1, 0.15) is 5.56 Å². The van der Waals surface area contributed by atoms with Crippen molar-refractivity contribution in [2.75, 3.05) is 11.3 Å². The lowest BCUT2D eigenvalue weighted by molar-refractivity contribution is 0.597. The fraction of sp³-hybridized carbons (Fsp3) is 0.0769. The van der Waals surface area contributed by atoms with Crippen LogP contribution in [-0.4, -0.2) is 24.9 Å². The van der Waals surface area contributed by atoms with Crippen LogP contribution in [0.25, 0.3) is 0 Å². The average molecular weight is 306 g/mol. The van der Waals surface area contributed by atoms with E-state index in [4.69, 9.17) is 5.73 Å². The molecule has 0 aromatic carbocycles. The first kappa shape index (κ1) is 14.9. The van der Waals surface area contributed by atoms with Gasteiger partial charge in [-0.05, 0) is 12.1 Å². The first-order valence-electron chi connectivity index (χ1n) is 5.79. The van der Waals surface area contributed by atoms with E-state index in [0.717, 1.165) is 12.4 Å². The van der Waals surface area contributed by atoms with E-state index in [-0.39, 0.29) is 17.1 Å². The summed E-state index contributed by atoms with van der Waals surface area (Å²) < 4.78 is 39.9. The van der Waals surface area contributed by atoms with Gasteiger partial charge >= 0.3 is 0 Å². The van der Waals surface area contributed by atoms with E-state index >= 15 is 0 Å². The van der Waals surface area contributed by atoms with Crippen LogP contribution in [0.3, 0.4) is 0 Å². The van der Waals surface area contributed by atoms with Gasteiger partial charge in [0, 0.05) is 24.2 Å². The van der Waals surface area contributed by atoms with E-state index in [1.54, 1.807) is 0 Å². The zero-order valence-corrected chi connectivity index (χ0v) is 11.6. The molecule has 0 bridgehead atoms. The van der Waals surface area contributed by atoms with Crippen molar-refractivity contribution in [1.29, 1.82) is 0 Å². The molecule has 108 valence electrons. The molecule has 0 radical (unpaired) electrons. The Kier molecular flexibility index (Phi) is 4.47. The number of anilines is 1. The summed E-state index contributed by atoms with van der Waals surface area (Å²) in [6, 6.07) is 2.55. The van der Waals surface area contributed by atoms with Gasteiger partial charge in [-0.15, -0.1) is 0 Å². The highest BCUT2D eigenvalue weighted by Crippen LogP contribution is 2.17. The summed E-state index contributed by atoms with van der Waals surface area (Å²) in [5.41, 5.74) is 5.46. The molecule has 8 heteroatoms. The second-order valence-electron chi connectivity index (χ2n) is 3.88. The molecule has 2 rings (SSSR count). The summed E-state index contributed by atoms with van der Waals surface area (Å²) >= 11 is 0. The average Bonchev–Trinajstić information content (AvgIpc) is 2.48. The third-order valence-electron chi connectivity index (χ3n) is 2.38. The normalized spacial score (nSPS) is 10.6. The minimum absolute atomic E-state index is 0.123. The molecule has 0 unspecified atom stereocenters. The van der Waals surface area contributed by atoms with Gasteiger partial charge in [-0.25, -0.2) is 12.8 Å². The van der Waals surface area contributed by atoms with Gasteiger partial charge < -0.3 is 5.73 Å². The highest BCUT2D eigenvalue weighted by Gasteiger charge is 2.17. The summed E-state index contributed by atoms with van der Waals surface area (Å²) in [7, 11) is -3.96. The summed E-state index contributed by atoms with van der Waals surface area (Å²) in [6.07, 6.45) is 4.76. The minimum Gasteiger partial charge on any atom is -0.320 e. The Balaban J connectivity index is 2.34. The van der Waals surface area contributed by atoms with Crippen molar-refractivity contribution in [2.24, 2.45) is 5.73 Å². The standard InChI is InChI=1S/C13H11FN4O2S/c14-12-9-16-5-3-13(12)18-21(19,20)11-6-10(2-1-4-15)7-17-8-11/h3,5-9H,4,15H2,(H,16,18). The quantitative estimate of drug-likeness (QED) is 0.815. The summed E-state index contributed by atoms with van der Waals surface area (Å²) in [5.74, 6) is 4.50. The van der Waals surface area contributed by atoms with Crippen LogP contribution >= 0.6 is 0 Å². The first-order valence-corrected chi connectivity index (χ1v) is 7.27. The second kappa shape index (κ2) is 6.30. The van der Waals surface area contributed by atoms with Crippen molar-refractivity contribution < 1.29 is 12.8 Å². The monoisotopic (exact) mass is 306 g/mol. The van der Waals surface area contributed by atoms with Gasteiger partial charge in [-0.2, -0.15) is 0 Å². The van der Waals surface area contributed by atoms with E-state index in [1.165, 1.54) is 24.5 Å². The number of pyridine rings is 2. The number of hydrogen-bond donors (Lipinski definition) is 2. The van der Waals surface area contributed by atoms with Crippen molar-refractivity contribution in [1.82, 2.24) is 9.97 Å². The fourth-order valence-electron chi connectivity index (χ4n) is 1.45. The third-order valence-corrected chi connectivity index (χ3v) is 3.71. The Labute approximate surface area is 121 Å². The first-order chi connectivity index (χ1) is 10.0. The number of sulfonamides is 1. The Bertz CT molecular complexity index is 812. The van der Waals surface area contributed by atoms with Gasteiger partial charge in [0.25, 0.3) is 10.0 Å². The van der Waals surface area contributed by atoms with Crippen LogP contribution in [-0.2, 0) is 10.0 Å². The van der Waals surface area contributed by atoms with Crippen molar-refractivity contribution in [3.8, 4) is 11.8 Å². The highest BCUT2D eigenvalue weighted by molar-refractivity contribution is 7.92. The number of hydrogen-bond acceptors (Lipinski definition) is 5. The SMILES string of the molecule is NCC#Cc1cncc(S(=O)(=O)Nc2ccncc2F)c1. The lowest BCUT2D eigenvalue weighted by Crippen LogP contribution is -2.14. The number of nitrogens with two attached hydrogens (primary N) is 1. The Hall–Kier alpha value is -2.50. The molecular formula is C13H11FN4O2S. The van der Waals surface area contributed by atoms with Gasteiger partial charge in [-0.3, -0.25) is 14.7 Å². The summed E-state index contributed by atoms with van der Waals surface area (Å²) in [4.78, 5) is 7.22. The largest absolute Gasteiger partial charge is 0.320 e. The van der Waals surface area contributed by atoms with E-state index in [9.17, 15) is 12.8 Å². The van der Waals surface area contributed by atoms with E-state index in [0.29, 0.717) is 5.56 Å². The van der Waals surface area contributed by atoms with E-state index in [2.05, 4.69) is 26.5 Å². The minimum atomic E-state index is -3.96. The Morgan fingerprint density at radius 1 is 1.29 bits per heavy atom. The van der Waals surface area contributed by atoms with Crippen LogP contribution < -0.4 is 10.5 Å². The molecule has 0 aliphatic heterocycles. The van der Waals surface area contributed by atoms with Crippen molar-refractivity contribution in [2.45, 2.75) is 4.90 Å². The number of halogens is 1. The molecular weight excluding hydrogens is 295 g/mol. The number of rotatable bonds is 3. The van der Waals surface area contributed by atoms with Crippen molar-refractivity contribution in [3.05, 3.63) is 48.3 Å². The molecule has 2 aromatic rings.